The smallest absolute Gasteiger partial charge is 0.119 e. The van der Waals surface area contributed by atoms with Crippen LogP contribution in [0.1, 0.15) is 43.9 Å². The molecule has 1 atom stereocenters. The number of hydrogen-bond acceptors (Lipinski definition) is 2. The van der Waals surface area contributed by atoms with E-state index < -0.39 is 0 Å². The summed E-state index contributed by atoms with van der Waals surface area (Å²) in [5, 5.41) is 0. The van der Waals surface area contributed by atoms with Crippen LogP contribution in [0.5, 0.6) is 5.75 Å². The van der Waals surface area contributed by atoms with Gasteiger partial charge >= 0.3 is 0 Å². The molecular weight excluding hydrogens is 234 g/mol. The van der Waals surface area contributed by atoms with Crippen molar-refractivity contribution >= 4 is 12.4 Å². The maximum Gasteiger partial charge on any atom is 0.119 e. The minimum Gasteiger partial charge on any atom is -0.497 e. The van der Waals surface area contributed by atoms with Crippen LogP contribution in [0.3, 0.4) is 0 Å². The maximum absolute atomic E-state index is 6.19. The Bertz CT molecular complexity index is 339. The Balaban J connectivity index is 0.00000256. The topological polar surface area (TPSA) is 35.2 Å². The van der Waals surface area contributed by atoms with Gasteiger partial charge in [-0.15, -0.1) is 12.4 Å². The van der Waals surface area contributed by atoms with E-state index in [9.17, 15) is 0 Å². The van der Waals surface area contributed by atoms with Crippen molar-refractivity contribution in [1.29, 1.82) is 0 Å². The average molecular weight is 258 g/mol. The van der Waals surface area contributed by atoms with Gasteiger partial charge < -0.3 is 10.5 Å². The van der Waals surface area contributed by atoms with Crippen molar-refractivity contribution in [3.8, 4) is 5.75 Å². The molecule has 0 aromatic heterocycles. The lowest BCUT2D eigenvalue weighted by molar-refractivity contribution is 0.414. The number of methoxy groups -OCH3 is 1. The summed E-state index contributed by atoms with van der Waals surface area (Å²) in [5.74, 6) is 1.61. The van der Waals surface area contributed by atoms with E-state index in [2.05, 4.69) is 26.8 Å². The molecule has 0 bridgehead atoms. The quantitative estimate of drug-likeness (QED) is 0.869. The number of nitrogens with two attached hydrogens (primary N) is 1. The van der Waals surface area contributed by atoms with Gasteiger partial charge in [-0.05, 0) is 48.9 Å². The third-order valence-electron chi connectivity index (χ3n) is 2.93. The van der Waals surface area contributed by atoms with Crippen LogP contribution in [0, 0.1) is 12.8 Å². The molecule has 0 radical (unpaired) electrons. The average Bonchev–Trinajstić information content (AvgIpc) is 2.25. The minimum absolute atomic E-state index is 0. The largest absolute Gasteiger partial charge is 0.497 e. The van der Waals surface area contributed by atoms with E-state index in [1.165, 1.54) is 17.5 Å². The highest BCUT2D eigenvalue weighted by Gasteiger charge is 2.10. The molecule has 0 saturated carbocycles. The minimum atomic E-state index is 0. The van der Waals surface area contributed by atoms with Gasteiger partial charge in [0, 0.05) is 6.04 Å². The van der Waals surface area contributed by atoms with Gasteiger partial charge in [-0.2, -0.15) is 0 Å². The first-order valence-electron chi connectivity index (χ1n) is 5.94. The molecule has 1 rings (SSSR count). The second kappa shape index (κ2) is 7.57. The molecule has 1 aromatic rings. The maximum atomic E-state index is 6.19. The Kier molecular flexibility index (Phi) is 7.24. The van der Waals surface area contributed by atoms with Crippen LogP contribution in [0.2, 0.25) is 0 Å². The zero-order valence-electron chi connectivity index (χ0n) is 11.2. The van der Waals surface area contributed by atoms with Gasteiger partial charge in [0.1, 0.15) is 5.75 Å². The van der Waals surface area contributed by atoms with Gasteiger partial charge in [0.2, 0.25) is 0 Å². The first-order chi connectivity index (χ1) is 7.54. The van der Waals surface area contributed by atoms with Gasteiger partial charge in [0.15, 0.2) is 0 Å². The van der Waals surface area contributed by atoms with E-state index in [0.29, 0.717) is 5.92 Å². The van der Waals surface area contributed by atoms with Crippen LogP contribution in [0.4, 0.5) is 0 Å². The van der Waals surface area contributed by atoms with Crippen LogP contribution in [-0.4, -0.2) is 7.11 Å². The molecule has 0 heterocycles. The van der Waals surface area contributed by atoms with Crippen molar-refractivity contribution in [3.05, 3.63) is 29.3 Å². The highest BCUT2D eigenvalue weighted by molar-refractivity contribution is 5.85. The van der Waals surface area contributed by atoms with Crippen molar-refractivity contribution in [1.82, 2.24) is 0 Å². The van der Waals surface area contributed by atoms with Gasteiger partial charge in [-0.25, -0.2) is 0 Å². The summed E-state index contributed by atoms with van der Waals surface area (Å²) >= 11 is 0. The monoisotopic (exact) mass is 257 g/mol. The first-order valence-corrected chi connectivity index (χ1v) is 5.94. The molecule has 0 aliphatic rings. The summed E-state index contributed by atoms with van der Waals surface area (Å²) in [5.41, 5.74) is 8.65. The second-order valence-corrected chi connectivity index (χ2v) is 4.80. The number of halogens is 1. The second-order valence-electron chi connectivity index (χ2n) is 4.80. The SMILES string of the molecule is COc1ccc([C@H](N)CCC(C)C)c(C)c1.Cl. The molecule has 17 heavy (non-hydrogen) atoms. The third-order valence-corrected chi connectivity index (χ3v) is 2.93. The molecule has 2 nitrogen and oxygen atoms in total. The fourth-order valence-corrected chi connectivity index (χ4v) is 1.86. The van der Waals surface area contributed by atoms with E-state index in [1.807, 2.05) is 12.1 Å². The number of aryl methyl sites for hydroxylation is 1. The lowest BCUT2D eigenvalue weighted by Gasteiger charge is -2.16. The zero-order valence-corrected chi connectivity index (χ0v) is 12.0. The molecule has 0 aliphatic heterocycles. The molecule has 98 valence electrons. The van der Waals surface area contributed by atoms with Crippen LogP contribution >= 0.6 is 12.4 Å². The van der Waals surface area contributed by atoms with E-state index >= 15 is 0 Å². The molecular formula is C14H24ClNO. The molecule has 0 saturated heterocycles. The number of benzene rings is 1. The summed E-state index contributed by atoms with van der Waals surface area (Å²) in [4.78, 5) is 0. The summed E-state index contributed by atoms with van der Waals surface area (Å²) in [6.45, 7) is 6.55. The van der Waals surface area contributed by atoms with Gasteiger partial charge in [-0.1, -0.05) is 19.9 Å². The zero-order chi connectivity index (χ0) is 12.1. The van der Waals surface area contributed by atoms with Gasteiger partial charge in [-0.3, -0.25) is 0 Å². The molecule has 0 spiro atoms. The molecule has 2 N–H and O–H groups in total. The van der Waals surface area contributed by atoms with Crippen LogP contribution in [-0.2, 0) is 0 Å². The Morgan fingerprint density at radius 2 is 1.88 bits per heavy atom. The van der Waals surface area contributed by atoms with Crippen molar-refractivity contribution in [2.24, 2.45) is 11.7 Å². The summed E-state index contributed by atoms with van der Waals surface area (Å²) < 4.78 is 5.19. The molecule has 1 aromatic carbocycles. The molecule has 3 heteroatoms. The molecule has 0 unspecified atom stereocenters. The van der Waals surface area contributed by atoms with Crippen molar-refractivity contribution in [2.45, 2.75) is 39.7 Å². The third kappa shape index (κ3) is 4.97. The van der Waals surface area contributed by atoms with E-state index in [1.54, 1.807) is 7.11 Å². The number of hydrogen-bond donors (Lipinski definition) is 1. The van der Waals surface area contributed by atoms with Gasteiger partial charge in [0.25, 0.3) is 0 Å². The normalized spacial score (nSPS) is 12.1. The van der Waals surface area contributed by atoms with Crippen LogP contribution in [0.25, 0.3) is 0 Å². The van der Waals surface area contributed by atoms with E-state index in [4.69, 9.17) is 10.5 Å². The lowest BCUT2D eigenvalue weighted by atomic mass is 9.95. The Morgan fingerprint density at radius 1 is 1.24 bits per heavy atom. The Hall–Kier alpha value is -0.730. The van der Waals surface area contributed by atoms with Crippen molar-refractivity contribution in [2.75, 3.05) is 7.11 Å². The Morgan fingerprint density at radius 3 is 2.35 bits per heavy atom. The number of ether oxygens (including phenoxy) is 1. The van der Waals surface area contributed by atoms with Gasteiger partial charge in [0.05, 0.1) is 7.11 Å². The van der Waals surface area contributed by atoms with Crippen molar-refractivity contribution in [3.63, 3.8) is 0 Å². The summed E-state index contributed by atoms with van der Waals surface area (Å²) in [6, 6.07) is 6.26. The van der Waals surface area contributed by atoms with E-state index in [-0.39, 0.29) is 18.4 Å². The predicted molar refractivity (Wildman–Crippen MR) is 76.0 cm³/mol. The summed E-state index contributed by atoms with van der Waals surface area (Å²) in [6.07, 6.45) is 2.22. The van der Waals surface area contributed by atoms with E-state index in [0.717, 1.165) is 12.2 Å². The molecule has 0 fully saturated rings. The predicted octanol–water partition coefficient (Wildman–Crippen LogP) is 3.86. The fraction of sp³-hybridized carbons (Fsp3) is 0.571. The van der Waals surface area contributed by atoms with Crippen LogP contribution in [0.15, 0.2) is 18.2 Å². The fourth-order valence-electron chi connectivity index (χ4n) is 1.86. The lowest BCUT2D eigenvalue weighted by Crippen LogP contribution is -2.12. The highest BCUT2D eigenvalue weighted by Crippen LogP contribution is 2.24. The molecule has 0 aliphatic carbocycles. The summed E-state index contributed by atoms with van der Waals surface area (Å²) in [7, 11) is 1.69. The first kappa shape index (κ1) is 16.3. The molecule has 0 amide bonds. The number of rotatable bonds is 5. The standard InChI is InChI=1S/C14H23NO.ClH/c1-10(2)5-8-14(15)13-7-6-12(16-4)9-11(13)3;/h6-7,9-10,14H,5,8,15H2,1-4H3;1H/t14-;/m1./s1. The Labute approximate surface area is 111 Å². The van der Waals surface area contributed by atoms with Crippen LogP contribution < -0.4 is 10.5 Å². The van der Waals surface area contributed by atoms with Crippen molar-refractivity contribution < 1.29 is 4.74 Å². The highest BCUT2D eigenvalue weighted by atomic mass is 35.5.